The van der Waals surface area contributed by atoms with E-state index in [1.807, 2.05) is 31.2 Å². The van der Waals surface area contributed by atoms with Gasteiger partial charge in [0, 0.05) is 135 Å². The molecule has 4 heterocycles. The van der Waals surface area contributed by atoms with Crippen LogP contribution in [0.4, 0.5) is 24.5 Å². The summed E-state index contributed by atoms with van der Waals surface area (Å²) in [6.07, 6.45) is 1.43. The fraction of sp³-hybridized carbons (Fsp3) is 0.487. The monoisotopic (exact) mass is 1570 g/mol. The molecule has 1 spiro atoms. The van der Waals surface area contributed by atoms with Crippen molar-refractivity contribution in [1.29, 1.82) is 0 Å². The van der Waals surface area contributed by atoms with Gasteiger partial charge in [-0.25, -0.2) is 26.5 Å². The van der Waals surface area contributed by atoms with Crippen LogP contribution < -0.4 is 25.6 Å². The number of piperazine rings is 2. The van der Waals surface area contributed by atoms with E-state index < -0.39 is 195 Å². The van der Waals surface area contributed by atoms with Gasteiger partial charge < -0.3 is 35.8 Å². The molecule has 3 aliphatic heterocycles. The van der Waals surface area contributed by atoms with E-state index in [2.05, 4.69) is 20.9 Å². The number of aliphatic hydroxyl groups is 1. The number of nitrogens with zero attached hydrogens (tertiary/aromatic N) is 6. The maximum Gasteiger partial charge on any atom is 0.501 e. The molecule has 5 atom stereocenters. The molecule has 0 radical (unpaired) electrons. The lowest BCUT2D eigenvalue weighted by molar-refractivity contribution is -0.144. The molecular formula is C78H96ClF3N10O10S4. The van der Waals surface area contributed by atoms with E-state index >= 15 is 0 Å². The van der Waals surface area contributed by atoms with Crippen molar-refractivity contribution in [3.63, 3.8) is 0 Å². The number of aliphatic hydroxyl groups excluding tert-OH is 1. The first-order valence-corrected chi connectivity index (χ1v) is 40.0. The molecule has 0 bridgehead atoms. The van der Waals surface area contributed by atoms with Gasteiger partial charge in [-0.05, 0) is 165 Å². The number of anilines is 2. The van der Waals surface area contributed by atoms with E-state index in [0.29, 0.717) is 45.4 Å². The lowest BCUT2D eigenvalue weighted by Crippen LogP contribution is -2.57. The molecule has 106 heavy (non-hydrogen) atoms. The van der Waals surface area contributed by atoms with Crippen LogP contribution in [0.25, 0.3) is 16.0 Å². The molecule has 1 saturated carbocycles. The highest BCUT2D eigenvalue weighted by atomic mass is 35.5. The number of β-amino-alcohol motifs (C(OH)–C–C–N with tert-alkyl or cyclic N) is 1. The van der Waals surface area contributed by atoms with Crippen LogP contribution in [-0.4, -0.2) is 183 Å². The highest BCUT2D eigenvalue weighted by Gasteiger charge is 2.50. The molecule has 570 valence electrons. The number of sulfone groups is 1. The van der Waals surface area contributed by atoms with Gasteiger partial charge in [0.1, 0.15) is 17.0 Å². The van der Waals surface area contributed by atoms with E-state index in [1.54, 1.807) is 92.5 Å². The Morgan fingerprint density at radius 3 is 2.09 bits per heavy atom. The number of rotatable bonds is 29. The second-order valence-electron chi connectivity index (χ2n) is 28.1. The van der Waals surface area contributed by atoms with Gasteiger partial charge in [0.15, 0.2) is 0 Å². The Labute approximate surface area is 656 Å². The Bertz CT molecular complexity index is 5120. The van der Waals surface area contributed by atoms with Gasteiger partial charge in [0.05, 0.1) is 49.8 Å². The molecule has 5 amide bonds. The number of nitrogens with one attached hydrogen (secondary N) is 4. The smallest absolute Gasteiger partial charge is 0.391 e. The molecule has 1 aromatic heterocycles. The Kier molecular flexibility index (Phi) is 19.7. The molecule has 4 fully saturated rings. The van der Waals surface area contributed by atoms with Crippen molar-refractivity contribution in [2.75, 3.05) is 87.6 Å². The fourth-order valence-corrected chi connectivity index (χ4v) is 16.9. The van der Waals surface area contributed by atoms with E-state index in [1.165, 1.54) is 16.2 Å². The predicted octanol–water partition coefficient (Wildman–Crippen LogP) is 12.5. The second kappa shape index (κ2) is 34.5. The first-order valence-electron chi connectivity index (χ1n) is 42.8. The van der Waals surface area contributed by atoms with Gasteiger partial charge in [-0.2, -0.15) is 13.2 Å². The molecule has 5 N–H and O–H groups in total. The Morgan fingerprint density at radius 2 is 1.45 bits per heavy atom. The number of unbranched alkanes of at least 4 members (excludes halogenated alkanes) is 3. The third-order valence-electron chi connectivity index (χ3n) is 19.2. The Hall–Kier alpha value is -7.37. The molecule has 2 aliphatic carbocycles. The number of aryl methyl sites for hydroxylation is 1. The summed E-state index contributed by atoms with van der Waals surface area (Å²) in [6.45, 7) is -20.9. The summed E-state index contributed by atoms with van der Waals surface area (Å²) in [5, 5.41) is 19.6. The molecule has 6 aromatic rings. The summed E-state index contributed by atoms with van der Waals surface area (Å²) in [6, 6.07) is 23.1. The predicted molar refractivity (Wildman–Crippen MR) is 410 cm³/mol. The van der Waals surface area contributed by atoms with Gasteiger partial charge in [0.25, 0.3) is 25.8 Å². The van der Waals surface area contributed by atoms with Crippen molar-refractivity contribution in [2.45, 2.75) is 169 Å². The number of likely N-dealkylation sites (tertiary alicyclic amines) is 1. The molecular weight excluding hydrogens is 1460 g/mol. The Morgan fingerprint density at radius 1 is 0.792 bits per heavy atom. The highest BCUT2D eigenvalue weighted by Crippen LogP contribution is 2.59. The number of aromatic nitrogens is 1. The summed E-state index contributed by atoms with van der Waals surface area (Å²) in [4.78, 5) is 74.6. The fourth-order valence-electron chi connectivity index (χ4n) is 13.0. The zero-order valence-electron chi connectivity index (χ0n) is 75.0. The van der Waals surface area contributed by atoms with Crippen molar-refractivity contribution >= 4 is 101 Å². The number of hydrogen-bond acceptors (Lipinski definition) is 17. The minimum Gasteiger partial charge on any atom is -0.391 e. The molecule has 5 aromatic carbocycles. The zero-order chi connectivity index (χ0) is 90.1. The van der Waals surface area contributed by atoms with E-state index in [0.717, 1.165) is 88.1 Å². The number of amides is 5. The number of thioether (sulfide) groups is 1. The topological polar surface area (TPSA) is 251 Å². The average molecular weight is 1570 g/mol. The normalized spacial score (nSPS) is 25.1. The Balaban J connectivity index is 0.732. The van der Waals surface area contributed by atoms with Crippen LogP contribution in [0.3, 0.4) is 0 Å². The van der Waals surface area contributed by atoms with Gasteiger partial charge in [-0.15, -0.1) is 23.1 Å². The molecule has 28 heteroatoms. The second-order valence-corrected chi connectivity index (χ2v) is 34.1. The van der Waals surface area contributed by atoms with Crippen molar-refractivity contribution in [2.24, 2.45) is 10.8 Å². The number of halogens is 4. The van der Waals surface area contributed by atoms with E-state index in [-0.39, 0.29) is 77.0 Å². The van der Waals surface area contributed by atoms with Crippen LogP contribution in [0.5, 0.6) is 0 Å². The third-order valence-corrected chi connectivity index (χ3v) is 24.4. The third kappa shape index (κ3) is 20.3. The minimum atomic E-state index is -6.61. The largest absolute Gasteiger partial charge is 0.501 e. The van der Waals surface area contributed by atoms with Gasteiger partial charge >= 0.3 is 5.51 Å². The van der Waals surface area contributed by atoms with Crippen molar-refractivity contribution in [3.8, 4) is 10.4 Å². The van der Waals surface area contributed by atoms with Crippen molar-refractivity contribution < 1.29 is 81.0 Å². The van der Waals surface area contributed by atoms with E-state index in [9.17, 15) is 70.1 Å². The first kappa shape index (κ1) is 60.5. The van der Waals surface area contributed by atoms with Crippen molar-refractivity contribution in [3.05, 3.63) is 160 Å². The number of allylic oxidation sites excluding steroid dienone is 1. The molecule has 5 aliphatic rings. The summed E-state index contributed by atoms with van der Waals surface area (Å²) in [7, 11) is -12.0. The van der Waals surface area contributed by atoms with Crippen LogP contribution in [0.1, 0.15) is 166 Å². The lowest BCUT2D eigenvalue weighted by Gasteiger charge is -2.38. The number of alkyl halides is 3. The lowest BCUT2D eigenvalue weighted by atomic mass is 9.79. The van der Waals surface area contributed by atoms with Gasteiger partial charge in [-0.3, -0.25) is 33.8 Å². The van der Waals surface area contributed by atoms with Crippen LogP contribution in [0.15, 0.2) is 147 Å². The van der Waals surface area contributed by atoms with Crippen LogP contribution in [0.2, 0.25) is 5.02 Å². The maximum absolute atomic E-state index is 14.9. The quantitative estimate of drug-likeness (QED) is 0.0216. The highest BCUT2D eigenvalue weighted by molar-refractivity contribution is 7.99. The maximum atomic E-state index is 14.9. The zero-order valence-corrected chi connectivity index (χ0v) is 63.0. The minimum absolute atomic E-state index is 0.0499. The molecule has 20 nitrogen and oxygen atoms in total. The summed E-state index contributed by atoms with van der Waals surface area (Å²) in [5.41, 5.74) is -2.76. The number of benzene rings is 5. The molecule has 11 rings (SSSR count). The first-order chi connectivity index (χ1) is 56.5. The van der Waals surface area contributed by atoms with Gasteiger partial charge in [-0.1, -0.05) is 105 Å². The standard InChI is InChI=1S/C78H96ClF3N10O10S4/c1-52(54-17-19-56(20-18-54)71-53(2)83-51-104-71)84-74(97)67-45-62(93)49-92(67)75(98)72(76(3,4)5)86-69(94)15-11-6-7-12-16-70(95)91-43-37-88(38-44-91)36-32-60(50-103-63-13-9-8-10-14-63)85-66-30-29-64(46-68(66)105(99,100)78(80,81)82)106(101,102)87-73(96)57-23-27-61(28-24-57)90-41-39-89(40-42-90)48-58-47-77(34-35-77)33-31-65(58)55-21-25-59(79)26-22-55/h8-10,13-14,17-30,46,51-52,60,62,67,72,85,93H,6-7,11-12,15-16,31-45,47-50H2,1-5H3,(H,84,97)(H,86,94)(H,87,96)/t52-,60+,62+,67-,72+/m0/s1/i37D2,38D2,39D2,40D2,41D2,42D2,43D2,44D2. The van der Waals surface area contributed by atoms with E-state index in [4.69, 9.17) is 22.6 Å². The summed E-state index contributed by atoms with van der Waals surface area (Å²) >= 11 is 8.68. The number of carbonyl (C=O) groups is 5. The number of sulfonamides is 1. The number of hydrogen-bond donors (Lipinski definition) is 5. The van der Waals surface area contributed by atoms with Crippen LogP contribution in [0, 0.1) is 17.8 Å². The SMILES string of the molecule is [2H]C1([2H])N(CC[C@H](CSc2ccccc2)Nc2ccc(S(=O)(=O)NC(=O)c3ccc(N4C([2H])([2H])C([2H])([2H])N(CC5=C(c6ccc(Cl)cc6)CCC6(CC6)C5)C([2H])([2H])C4([2H])[2H])cc3)cc2S(=O)(=O)C(F)(F)F)C([2H])([2H])C([2H])([2H])N(C(=O)CCCCCCC(=O)N[C@H](C(=O)N2C[C@H](O)C[C@H]2C(=O)N[C@@H](C)c2ccc(-c3scnc3C)cc2)C(C)(C)C)C1([2H])[2H]. The summed E-state index contributed by atoms with van der Waals surface area (Å²) in [5.74, 6) is -4.83. The number of carbonyl (C=O) groups excluding carboxylic acids is 5. The van der Waals surface area contributed by atoms with Crippen LogP contribution in [-0.2, 0) is 39.0 Å². The number of thiazole rings is 1. The molecule has 3 saturated heterocycles. The van der Waals surface area contributed by atoms with Crippen molar-refractivity contribution in [1.82, 2.24) is 39.9 Å². The average Bonchev–Trinajstić information content (AvgIpc) is 0.848. The summed E-state index contributed by atoms with van der Waals surface area (Å²) < 4.78 is 248. The van der Waals surface area contributed by atoms with Gasteiger partial charge in [0.2, 0.25) is 23.6 Å². The molecule has 0 unspecified atom stereocenters. The van der Waals surface area contributed by atoms with Crippen LogP contribution >= 0.6 is 34.7 Å².